The maximum Gasteiger partial charge on any atom is 0.143 e. The first-order chi connectivity index (χ1) is 9.76. The standard InChI is InChI=1S/C16H13NOS2/c1-18-12-8-6-11(7-9-12)10-15-13-4-2-3-5-14(13)17-16(19)20-15/h2-10H,1H3,(H,17,19)/b15-10-. The van der Waals surface area contributed by atoms with Crippen LogP contribution in [0.25, 0.3) is 11.0 Å². The summed E-state index contributed by atoms with van der Waals surface area (Å²) in [5.74, 6) is 0.862. The molecule has 0 radical (unpaired) electrons. The van der Waals surface area contributed by atoms with Gasteiger partial charge in [0.05, 0.1) is 7.11 Å². The molecule has 0 unspecified atom stereocenters. The van der Waals surface area contributed by atoms with Crippen molar-refractivity contribution in [2.45, 2.75) is 0 Å². The SMILES string of the molecule is COc1ccc(/C=C2\SC(=S)Nc3ccccc32)cc1. The largest absolute Gasteiger partial charge is 0.497 e. The van der Waals surface area contributed by atoms with Crippen LogP contribution in [0.5, 0.6) is 5.75 Å². The number of anilines is 1. The number of para-hydroxylation sites is 1. The van der Waals surface area contributed by atoms with Crippen LogP contribution in [-0.2, 0) is 0 Å². The van der Waals surface area contributed by atoms with E-state index in [0.717, 1.165) is 26.2 Å². The smallest absolute Gasteiger partial charge is 0.143 e. The third kappa shape index (κ3) is 2.71. The van der Waals surface area contributed by atoms with E-state index in [1.807, 2.05) is 42.5 Å². The van der Waals surface area contributed by atoms with Crippen LogP contribution >= 0.6 is 24.0 Å². The Labute approximate surface area is 127 Å². The van der Waals surface area contributed by atoms with Gasteiger partial charge < -0.3 is 10.1 Å². The fourth-order valence-corrected chi connectivity index (χ4v) is 3.28. The first kappa shape index (κ1) is 13.2. The molecule has 0 aliphatic carbocycles. The first-order valence-electron chi connectivity index (χ1n) is 6.20. The number of fused-ring (bicyclic) bond motifs is 1. The lowest BCUT2D eigenvalue weighted by Crippen LogP contribution is -2.11. The van der Waals surface area contributed by atoms with Crippen molar-refractivity contribution in [3.8, 4) is 5.75 Å². The molecule has 1 aliphatic rings. The number of ether oxygens (including phenoxy) is 1. The van der Waals surface area contributed by atoms with Crippen LogP contribution in [0.2, 0.25) is 0 Å². The topological polar surface area (TPSA) is 21.3 Å². The molecule has 0 saturated heterocycles. The van der Waals surface area contributed by atoms with Gasteiger partial charge in [-0.15, -0.1) is 0 Å². The number of hydrogen-bond acceptors (Lipinski definition) is 3. The Morgan fingerprint density at radius 2 is 1.85 bits per heavy atom. The predicted molar refractivity (Wildman–Crippen MR) is 91.1 cm³/mol. The molecule has 100 valence electrons. The zero-order valence-electron chi connectivity index (χ0n) is 10.9. The number of hydrogen-bond donors (Lipinski definition) is 1. The summed E-state index contributed by atoms with van der Waals surface area (Å²) in [6.45, 7) is 0. The van der Waals surface area contributed by atoms with Crippen LogP contribution in [0.4, 0.5) is 5.69 Å². The maximum absolute atomic E-state index is 5.31. The van der Waals surface area contributed by atoms with Gasteiger partial charge in [-0.2, -0.15) is 0 Å². The molecule has 1 N–H and O–H groups in total. The molecule has 2 nitrogen and oxygen atoms in total. The van der Waals surface area contributed by atoms with Gasteiger partial charge in [0.2, 0.25) is 0 Å². The molecule has 0 atom stereocenters. The van der Waals surface area contributed by atoms with Gasteiger partial charge >= 0.3 is 0 Å². The van der Waals surface area contributed by atoms with E-state index in [4.69, 9.17) is 17.0 Å². The van der Waals surface area contributed by atoms with Gasteiger partial charge in [0, 0.05) is 16.2 Å². The second-order valence-corrected chi connectivity index (χ2v) is 6.06. The molecule has 0 bridgehead atoms. The Kier molecular flexibility index (Phi) is 3.76. The summed E-state index contributed by atoms with van der Waals surface area (Å²) in [5.41, 5.74) is 3.38. The second-order valence-electron chi connectivity index (χ2n) is 4.34. The van der Waals surface area contributed by atoms with Gasteiger partial charge in [-0.1, -0.05) is 54.3 Å². The van der Waals surface area contributed by atoms with Crippen molar-refractivity contribution in [2.24, 2.45) is 0 Å². The fraction of sp³-hybridized carbons (Fsp3) is 0.0625. The molecular weight excluding hydrogens is 286 g/mol. The number of rotatable bonds is 2. The molecule has 1 heterocycles. The third-order valence-electron chi connectivity index (χ3n) is 3.05. The zero-order valence-corrected chi connectivity index (χ0v) is 12.6. The summed E-state index contributed by atoms with van der Waals surface area (Å²) < 4.78 is 5.96. The monoisotopic (exact) mass is 299 g/mol. The first-order valence-corrected chi connectivity index (χ1v) is 7.43. The number of thiocarbonyl (C=S) groups is 1. The summed E-state index contributed by atoms with van der Waals surface area (Å²) >= 11 is 6.89. The minimum absolute atomic E-state index is 0.781. The van der Waals surface area contributed by atoms with E-state index in [2.05, 4.69) is 17.5 Å². The van der Waals surface area contributed by atoms with E-state index in [9.17, 15) is 0 Å². The summed E-state index contributed by atoms with van der Waals surface area (Å²) in [4.78, 5) is 1.16. The Bertz CT molecular complexity index is 677. The number of thioether (sulfide) groups is 1. The van der Waals surface area contributed by atoms with Crippen LogP contribution in [0.3, 0.4) is 0 Å². The molecule has 3 rings (SSSR count). The third-order valence-corrected chi connectivity index (χ3v) is 4.24. The molecule has 1 aliphatic heterocycles. The molecule has 0 amide bonds. The number of nitrogens with one attached hydrogen (secondary N) is 1. The lowest BCUT2D eigenvalue weighted by molar-refractivity contribution is 0.415. The van der Waals surface area contributed by atoms with Gasteiger partial charge in [-0.3, -0.25) is 0 Å². The Balaban J connectivity index is 2.00. The number of methoxy groups -OCH3 is 1. The highest BCUT2D eigenvalue weighted by Gasteiger charge is 2.17. The second kappa shape index (κ2) is 5.69. The Hall–Kier alpha value is -1.78. The van der Waals surface area contributed by atoms with Gasteiger partial charge in [0.25, 0.3) is 0 Å². The highest BCUT2D eigenvalue weighted by atomic mass is 32.2. The van der Waals surface area contributed by atoms with Crippen LogP contribution in [-0.4, -0.2) is 11.4 Å². The van der Waals surface area contributed by atoms with Crippen LogP contribution < -0.4 is 10.1 Å². The van der Waals surface area contributed by atoms with Crippen LogP contribution in [0.15, 0.2) is 48.5 Å². The van der Waals surface area contributed by atoms with Gasteiger partial charge in [0.15, 0.2) is 0 Å². The van der Waals surface area contributed by atoms with E-state index in [1.54, 1.807) is 18.9 Å². The number of benzene rings is 2. The maximum atomic E-state index is 5.31. The normalized spacial score (nSPS) is 15.7. The summed E-state index contributed by atoms with van der Waals surface area (Å²) in [6.07, 6.45) is 2.15. The average molecular weight is 299 g/mol. The summed E-state index contributed by atoms with van der Waals surface area (Å²) in [6, 6.07) is 16.2. The molecule has 2 aromatic carbocycles. The van der Waals surface area contributed by atoms with Crippen molar-refractivity contribution in [1.82, 2.24) is 0 Å². The van der Waals surface area contributed by atoms with E-state index >= 15 is 0 Å². The Morgan fingerprint density at radius 1 is 1.10 bits per heavy atom. The van der Waals surface area contributed by atoms with E-state index in [-0.39, 0.29) is 0 Å². The quantitative estimate of drug-likeness (QED) is 0.815. The minimum Gasteiger partial charge on any atom is -0.497 e. The lowest BCUT2D eigenvalue weighted by Gasteiger charge is -2.20. The molecule has 20 heavy (non-hydrogen) atoms. The predicted octanol–water partition coefficient (Wildman–Crippen LogP) is 4.64. The van der Waals surface area contributed by atoms with Crippen LogP contribution in [0.1, 0.15) is 11.1 Å². The molecule has 0 aromatic heterocycles. The highest BCUT2D eigenvalue weighted by Crippen LogP contribution is 2.39. The average Bonchev–Trinajstić information content (AvgIpc) is 2.48. The van der Waals surface area contributed by atoms with E-state index < -0.39 is 0 Å². The highest BCUT2D eigenvalue weighted by molar-refractivity contribution is 8.29. The summed E-state index contributed by atoms with van der Waals surface area (Å²) in [7, 11) is 1.67. The van der Waals surface area contributed by atoms with Gasteiger partial charge in [-0.25, -0.2) is 0 Å². The molecule has 0 saturated carbocycles. The van der Waals surface area contributed by atoms with Crippen molar-refractivity contribution in [3.63, 3.8) is 0 Å². The molecule has 2 aromatic rings. The van der Waals surface area contributed by atoms with Crippen molar-refractivity contribution >= 4 is 45.0 Å². The van der Waals surface area contributed by atoms with Gasteiger partial charge in [0.1, 0.15) is 10.1 Å². The lowest BCUT2D eigenvalue weighted by atomic mass is 10.1. The minimum atomic E-state index is 0.781. The van der Waals surface area contributed by atoms with Crippen molar-refractivity contribution in [1.29, 1.82) is 0 Å². The summed E-state index contributed by atoms with van der Waals surface area (Å²) in [5, 5.41) is 3.23. The van der Waals surface area contributed by atoms with Crippen molar-refractivity contribution in [3.05, 3.63) is 59.7 Å². The Morgan fingerprint density at radius 3 is 2.60 bits per heavy atom. The molecule has 0 fully saturated rings. The van der Waals surface area contributed by atoms with E-state index in [0.29, 0.717) is 0 Å². The molecule has 0 spiro atoms. The zero-order chi connectivity index (χ0) is 13.9. The van der Waals surface area contributed by atoms with Gasteiger partial charge in [-0.05, 0) is 29.8 Å². The molecular formula is C16H13NOS2. The van der Waals surface area contributed by atoms with E-state index in [1.165, 1.54) is 5.56 Å². The van der Waals surface area contributed by atoms with Crippen molar-refractivity contribution < 1.29 is 4.74 Å². The van der Waals surface area contributed by atoms with Crippen LogP contribution in [0, 0.1) is 0 Å². The van der Waals surface area contributed by atoms with Crippen molar-refractivity contribution in [2.75, 3.05) is 12.4 Å². The fourth-order valence-electron chi connectivity index (χ4n) is 2.06. The molecule has 4 heteroatoms.